The number of nitrogens with zero attached hydrogens (tertiary/aromatic N) is 1. The Morgan fingerprint density at radius 1 is 1.35 bits per heavy atom. The Bertz CT molecular complexity index is 387. The maximum Gasteiger partial charge on any atom is 0.0777 e. The molecule has 0 spiro atoms. The molecule has 4 nitrogen and oxygen atoms in total. The first-order valence-electron chi connectivity index (χ1n) is 8.00. The molecule has 2 saturated heterocycles. The van der Waals surface area contributed by atoms with E-state index in [0.29, 0.717) is 12.0 Å². The summed E-state index contributed by atoms with van der Waals surface area (Å²) >= 11 is 0. The summed E-state index contributed by atoms with van der Waals surface area (Å²) in [7, 11) is 1.83. The molecule has 2 aliphatic heterocycles. The van der Waals surface area contributed by atoms with Gasteiger partial charge in [-0.3, -0.25) is 4.90 Å². The molecule has 116 valence electrons. The summed E-state index contributed by atoms with van der Waals surface area (Å²) in [6, 6.07) is 0. The first-order valence-corrected chi connectivity index (χ1v) is 8.00. The quantitative estimate of drug-likeness (QED) is 0.855. The molecule has 0 aromatic rings. The van der Waals surface area contributed by atoms with Crippen molar-refractivity contribution in [3.8, 4) is 0 Å². The van der Waals surface area contributed by atoms with Crippen LogP contribution in [0.3, 0.4) is 0 Å². The standard InChI is InChI=1S/C16H30N2O2/c1-14(2)13-12(6-9-20-13)16(14,17)11-18-8-5-7-15(3,10-18)19-4/h12-13H,5-11,17H2,1-4H3. The minimum absolute atomic E-state index is 0.00588. The third-order valence-corrected chi connectivity index (χ3v) is 6.38. The number of likely N-dealkylation sites (tertiary alicyclic amines) is 1. The lowest BCUT2D eigenvalue weighted by atomic mass is 9.48. The lowest BCUT2D eigenvalue weighted by Crippen LogP contribution is -2.78. The second-order valence-corrected chi connectivity index (χ2v) is 7.92. The van der Waals surface area contributed by atoms with Crippen molar-refractivity contribution in [1.82, 2.24) is 4.90 Å². The first-order chi connectivity index (χ1) is 9.32. The predicted octanol–water partition coefficient (Wildman–Crippen LogP) is 1.63. The van der Waals surface area contributed by atoms with E-state index in [2.05, 4.69) is 25.7 Å². The number of rotatable bonds is 3. The summed E-state index contributed by atoms with van der Waals surface area (Å²) in [5.74, 6) is 0.535. The van der Waals surface area contributed by atoms with Crippen molar-refractivity contribution in [3.63, 3.8) is 0 Å². The first kappa shape index (κ1) is 14.8. The van der Waals surface area contributed by atoms with Crippen molar-refractivity contribution in [2.75, 3.05) is 33.4 Å². The fourth-order valence-electron chi connectivity index (χ4n) is 4.78. The van der Waals surface area contributed by atoms with E-state index < -0.39 is 0 Å². The van der Waals surface area contributed by atoms with Crippen LogP contribution in [0.25, 0.3) is 0 Å². The van der Waals surface area contributed by atoms with E-state index in [4.69, 9.17) is 15.2 Å². The summed E-state index contributed by atoms with van der Waals surface area (Å²) < 4.78 is 11.6. The molecular weight excluding hydrogens is 252 g/mol. The zero-order valence-electron chi connectivity index (χ0n) is 13.4. The van der Waals surface area contributed by atoms with Crippen molar-refractivity contribution in [3.05, 3.63) is 0 Å². The summed E-state index contributed by atoms with van der Waals surface area (Å²) in [6.07, 6.45) is 3.84. The summed E-state index contributed by atoms with van der Waals surface area (Å²) in [6.45, 7) is 10.8. The molecule has 1 aliphatic carbocycles. The Balaban J connectivity index is 1.71. The normalized spacial score (nSPS) is 47.9. The molecule has 3 fully saturated rings. The number of piperidine rings is 1. The minimum Gasteiger partial charge on any atom is -0.377 e. The molecule has 2 N–H and O–H groups in total. The van der Waals surface area contributed by atoms with Crippen molar-refractivity contribution in [2.45, 2.75) is 57.3 Å². The van der Waals surface area contributed by atoms with Crippen molar-refractivity contribution in [2.24, 2.45) is 17.1 Å². The number of hydrogen-bond donors (Lipinski definition) is 1. The van der Waals surface area contributed by atoms with Gasteiger partial charge in [0, 0.05) is 43.7 Å². The molecule has 0 amide bonds. The number of methoxy groups -OCH3 is 1. The fourth-order valence-corrected chi connectivity index (χ4v) is 4.78. The van der Waals surface area contributed by atoms with Gasteiger partial charge in [-0.25, -0.2) is 0 Å². The van der Waals surface area contributed by atoms with E-state index in [0.717, 1.165) is 39.1 Å². The Labute approximate surface area is 123 Å². The van der Waals surface area contributed by atoms with Gasteiger partial charge in [0.25, 0.3) is 0 Å². The zero-order valence-corrected chi connectivity index (χ0v) is 13.4. The van der Waals surface area contributed by atoms with Gasteiger partial charge in [0.1, 0.15) is 0 Å². The molecule has 3 rings (SSSR count). The predicted molar refractivity (Wildman–Crippen MR) is 79.6 cm³/mol. The zero-order chi connectivity index (χ0) is 14.6. The van der Waals surface area contributed by atoms with Crippen LogP contribution in [0, 0.1) is 11.3 Å². The largest absolute Gasteiger partial charge is 0.377 e. The van der Waals surface area contributed by atoms with Gasteiger partial charge < -0.3 is 15.2 Å². The number of ether oxygens (including phenoxy) is 2. The molecule has 0 bridgehead atoms. The third-order valence-electron chi connectivity index (χ3n) is 6.38. The van der Waals surface area contributed by atoms with E-state index in [1.807, 2.05) is 7.11 Å². The Morgan fingerprint density at radius 3 is 2.80 bits per heavy atom. The highest BCUT2D eigenvalue weighted by atomic mass is 16.5. The molecule has 20 heavy (non-hydrogen) atoms. The monoisotopic (exact) mass is 282 g/mol. The van der Waals surface area contributed by atoms with E-state index >= 15 is 0 Å². The Morgan fingerprint density at radius 2 is 2.10 bits per heavy atom. The molecular formula is C16H30N2O2. The molecule has 0 radical (unpaired) electrons. The van der Waals surface area contributed by atoms with Crippen LogP contribution in [0.2, 0.25) is 0 Å². The maximum atomic E-state index is 6.86. The number of fused-ring (bicyclic) bond motifs is 1. The van der Waals surface area contributed by atoms with Gasteiger partial charge in [-0.1, -0.05) is 13.8 Å². The Kier molecular flexibility index (Phi) is 3.45. The second-order valence-electron chi connectivity index (χ2n) is 7.92. The van der Waals surface area contributed by atoms with Crippen LogP contribution < -0.4 is 5.73 Å². The lowest BCUT2D eigenvalue weighted by Gasteiger charge is -2.64. The minimum atomic E-state index is -0.111. The van der Waals surface area contributed by atoms with Gasteiger partial charge in [0.15, 0.2) is 0 Å². The number of hydrogen-bond acceptors (Lipinski definition) is 4. The van der Waals surface area contributed by atoms with Gasteiger partial charge in [0.2, 0.25) is 0 Å². The average Bonchev–Trinajstić information content (AvgIpc) is 2.87. The molecule has 4 atom stereocenters. The van der Waals surface area contributed by atoms with Gasteiger partial charge in [0.05, 0.1) is 11.7 Å². The van der Waals surface area contributed by atoms with E-state index in [9.17, 15) is 0 Å². The van der Waals surface area contributed by atoms with E-state index in [1.165, 1.54) is 6.42 Å². The second kappa shape index (κ2) is 4.67. The van der Waals surface area contributed by atoms with E-state index in [1.54, 1.807) is 0 Å². The highest BCUT2D eigenvalue weighted by Gasteiger charge is 2.67. The summed E-state index contributed by atoms with van der Waals surface area (Å²) in [5.41, 5.74) is 6.83. The van der Waals surface area contributed by atoms with Crippen molar-refractivity contribution >= 4 is 0 Å². The van der Waals surface area contributed by atoms with Crippen molar-refractivity contribution < 1.29 is 9.47 Å². The Hall–Kier alpha value is -0.160. The lowest BCUT2D eigenvalue weighted by molar-refractivity contribution is -0.169. The summed E-state index contributed by atoms with van der Waals surface area (Å²) in [4.78, 5) is 2.52. The highest BCUT2D eigenvalue weighted by molar-refractivity contribution is 5.21. The van der Waals surface area contributed by atoms with Gasteiger partial charge in [-0.2, -0.15) is 0 Å². The number of nitrogens with two attached hydrogens (primary N) is 1. The van der Waals surface area contributed by atoms with E-state index in [-0.39, 0.29) is 16.6 Å². The van der Waals surface area contributed by atoms with Crippen LogP contribution in [-0.4, -0.2) is 55.5 Å². The highest BCUT2D eigenvalue weighted by Crippen LogP contribution is 2.58. The summed E-state index contributed by atoms with van der Waals surface area (Å²) in [5, 5.41) is 0. The van der Waals surface area contributed by atoms with Gasteiger partial charge in [-0.15, -0.1) is 0 Å². The average molecular weight is 282 g/mol. The maximum absolute atomic E-state index is 6.86. The van der Waals surface area contributed by atoms with Gasteiger partial charge in [-0.05, 0) is 32.7 Å². The smallest absolute Gasteiger partial charge is 0.0777 e. The molecule has 3 aliphatic rings. The fraction of sp³-hybridized carbons (Fsp3) is 1.00. The topological polar surface area (TPSA) is 47.7 Å². The molecule has 0 aromatic carbocycles. The van der Waals surface area contributed by atoms with Crippen molar-refractivity contribution in [1.29, 1.82) is 0 Å². The van der Waals surface area contributed by atoms with Crippen LogP contribution in [0.5, 0.6) is 0 Å². The molecule has 4 unspecified atom stereocenters. The molecule has 0 aromatic heterocycles. The van der Waals surface area contributed by atoms with Gasteiger partial charge >= 0.3 is 0 Å². The van der Waals surface area contributed by atoms with Crippen LogP contribution in [0.1, 0.15) is 40.0 Å². The third kappa shape index (κ3) is 1.96. The SMILES string of the molecule is COC1(C)CCCN(CC2(N)C3CCOC3C2(C)C)C1. The van der Waals surface area contributed by atoms with Crippen LogP contribution in [0.4, 0.5) is 0 Å². The molecule has 2 heterocycles. The molecule has 1 saturated carbocycles. The van der Waals surface area contributed by atoms with Crippen LogP contribution >= 0.6 is 0 Å². The van der Waals surface area contributed by atoms with Crippen LogP contribution in [-0.2, 0) is 9.47 Å². The van der Waals surface area contributed by atoms with Crippen LogP contribution in [0.15, 0.2) is 0 Å². The molecule has 4 heteroatoms.